The molecule has 11 heteroatoms. The number of halogens is 9. The molecule has 0 aliphatic carbocycles. The first kappa shape index (κ1) is 17.2. The number of benzene rings is 1. The minimum absolute atomic E-state index is 0.0943. The third-order valence-electron chi connectivity index (χ3n) is 2.79. The highest BCUT2D eigenvalue weighted by molar-refractivity contribution is 5.46. The van der Waals surface area contributed by atoms with Crippen LogP contribution in [-0.2, 0) is 18.5 Å². The van der Waals surface area contributed by atoms with E-state index in [-0.39, 0.29) is 16.8 Å². The summed E-state index contributed by atoms with van der Waals surface area (Å²) in [6.07, 6.45) is -14.8. The Balaban J connectivity index is 2.72. The van der Waals surface area contributed by atoms with Crippen molar-refractivity contribution in [2.24, 2.45) is 0 Å². The zero-order valence-corrected chi connectivity index (χ0v) is 10.7. The van der Waals surface area contributed by atoms with E-state index in [0.29, 0.717) is 18.3 Å². The van der Waals surface area contributed by atoms with Gasteiger partial charge in [-0.15, -0.1) is 0 Å². The van der Waals surface area contributed by atoms with Crippen molar-refractivity contribution in [2.45, 2.75) is 18.5 Å². The van der Waals surface area contributed by atoms with Crippen LogP contribution in [-0.4, -0.2) is 9.78 Å². The summed E-state index contributed by atoms with van der Waals surface area (Å²) < 4.78 is 115. The van der Waals surface area contributed by atoms with Gasteiger partial charge in [-0.05, 0) is 24.3 Å². The fourth-order valence-corrected chi connectivity index (χ4v) is 1.83. The summed E-state index contributed by atoms with van der Waals surface area (Å²) in [5.74, 6) is 0. The molecule has 0 amide bonds. The molecular formula is C12H5F9N2. The minimum atomic E-state index is -5.30. The molecule has 0 unspecified atom stereocenters. The van der Waals surface area contributed by atoms with Gasteiger partial charge >= 0.3 is 18.5 Å². The lowest BCUT2D eigenvalue weighted by molar-refractivity contribution is -0.146. The van der Waals surface area contributed by atoms with E-state index in [1.54, 1.807) is 0 Å². The maximum Gasteiger partial charge on any atom is 0.433 e. The second-order valence-electron chi connectivity index (χ2n) is 4.35. The Morgan fingerprint density at radius 2 is 1.35 bits per heavy atom. The Hall–Kier alpha value is -2.20. The van der Waals surface area contributed by atoms with E-state index in [2.05, 4.69) is 5.10 Å². The van der Waals surface area contributed by atoms with Crippen LogP contribution >= 0.6 is 0 Å². The summed E-state index contributed by atoms with van der Waals surface area (Å²) in [5, 5.41) is 3.13. The molecule has 0 atom stereocenters. The summed E-state index contributed by atoms with van der Waals surface area (Å²) in [6, 6.07) is 0.718. The van der Waals surface area contributed by atoms with Gasteiger partial charge in [0.1, 0.15) is 5.69 Å². The number of rotatable bonds is 1. The standard InChI is InChI=1S/C12H5F9N2/c13-10(14,15)6-1-2-8(7(5-6)11(16,17)18)23-9(3-4-22-23)12(19,20)21/h1-5H. The molecule has 0 fully saturated rings. The Morgan fingerprint density at radius 3 is 1.83 bits per heavy atom. The monoisotopic (exact) mass is 348 g/mol. The summed E-state index contributed by atoms with van der Waals surface area (Å²) in [6.45, 7) is 0. The lowest BCUT2D eigenvalue weighted by Gasteiger charge is -2.18. The van der Waals surface area contributed by atoms with Gasteiger partial charge in [0.2, 0.25) is 0 Å². The summed E-state index contributed by atoms with van der Waals surface area (Å²) in [5.41, 5.74) is -6.19. The molecule has 2 rings (SSSR count). The second-order valence-corrected chi connectivity index (χ2v) is 4.35. The Bertz CT molecular complexity index is 707. The van der Waals surface area contributed by atoms with Gasteiger partial charge < -0.3 is 0 Å². The average molecular weight is 348 g/mol. The maximum atomic E-state index is 12.9. The van der Waals surface area contributed by atoms with Crippen molar-refractivity contribution >= 4 is 0 Å². The molecule has 2 aromatic rings. The first-order valence-corrected chi connectivity index (χ1v) is 5.72. The molecule has 0 saturated heterocycles. The molecule has 1 heterocycles. The smallest absolute Gasteiger partial charge is 0.228 e. The summed E-state index contributed by atoms with van der Waals surface area (Å²) in [7, 11) is 0. The molecular weight excluding hydrogens is 343 g/mol. The topological polar surface area (TPSA) is 17.8 Å². The van der Waals surface area contributed by atoms with E-state index >= 15 is 0 Å². The molecule has 0 aliphatic heterocycles. The van der Waals surface area contributed by atoms with E-state index < -0.39 is 41.0 Å². The van der Waals surface area contributed by atoms with Crippen molar-refractivity contribution in [1.82, 2.24) is 9.78 Å². The third-order valence-corrected chi connectivity index (χ3v) is 2.79. The van der Waals surface area contributed by atoms with Crippen LogP contribution in [0.1, 0.15) is 16.8 Å². The highest BCUT2D eigenvalue weighted by Gasteiger charge is 2.41. The van der Waals surface area contributed by atoms with Crippen LogP contribution in [0.3, 0.4) is 0 Å². The molecule has 0 bridgehead atoms. The van der Waals surface area contributed by atoms with Crippen molar-refractivity contribution < 1.29 is 39.5 Å². The molecule has 0 N–H and O–H groups in total. The Kier molecular flexibility index (Phi) is 3.86. The number of nitrogens with zero attached hydrogens (tertiary/aromatic N) is 2. The van der Waals surface area contributed by atoms with E-state index in [0.717, 1.165) is 0 Å². The minimum Gasteiger partial charge on any atom is -0.228 e. The van der Waals surface area contributed by atoms with E-state index in [1.807, 2.05) is 0 Å². The maximum absolute atomic E-state index is 12.9. The van der Waals surface area contributed by atoms with Gasteiger partial charge in [0.25, 0.3) is 0 Å². The molecule has 23 heavy (non-hydrogen) atoms. The van der Waals surface area contributed by atoms with Crippen LogP contribution in [0.2, 0.25) is 0 Å². The van der Waals surface area contributed by atoms with Crippen molar-refractivity contribution in [2.75, 3.05) is 0 Å². The van der Waals surface area contributed by atoms with Gasteiger partial charge in [-0.25, -0.2) is 4.68 Å². The van der Waals surface area contributed by atoms with Crippen molar-refractivity contribution in [3.63, 3.8) is 0 Å². The Morgan fingerprint density at radius 1 is 0.739 bits per heavy atom. The van der Waals surface area contributed by atoms with Crippen LogP contribution < -0.4 is 0 Å². The molecule has 1 aromatic carbocycles. The fourth-order valence-electron chi connectivity index (χ4n) is 1.83. The summed E-state index contributed by atoms with van der Waals surface area (Å²) >= 11 is 0. The first-order chi connectivity index (χ1) is 10.3. The predicted octanol–water partition coefficient (Wildman–Crippen LogP) is 4.93. The Labute approximate surface area is 122 Å². The number of hydrogen-bond donors (Lipinski definition) is 0. The van der Waals surface area contributed by atoms with Crippen molar-refractivity contribution in [1.29, 1.82) is 0 Å². The summed E-state index contributed by atoms with van der Waals surface area (Å²) in [4.78, 5) is 0. The van der Waals surface area contributed by atoms with E-state index in [9.17, 15) is 39.5 Å². The highest BCUT2D eigenvalue weighted by Crippen LogP contribution is 2.40. The van der Waals surface area contributed by atoms with Crippen molar-refractivity contribution in [3.8, 4) is 5.69 Å². The largest absolute Gasteiger partial charge is 0.433 e. The molecule has 126 valence electrons. The highest BCUT2D eigenvalue weighted by atomic mass is 19.4. The lowest BCUT2D eigenvalue weighted by Crippen LogP contribution is -2.19. The van der Waals surface area contributed by atoms with E-state index in [4.69, 9.17) is 0 Å². The SMILES string of the molecule is FC(F)(F)c1ccc(-n2nccc2C(F)(F)F)c(C(F)(F)F)c1. The van der Waals surface area contributed by atoms with Gasteiger partial charge in [-0.2, -0.15) is 44.6 Å². The number of alkyl halides is 9. The van der Waals surface area contributed by atoms with Gasteiger partial charge in [-0.1, -0.05) is 0 Å². The van der Waals surface area contributed by atoms with Crippen LogP contribution in [0.5, 0.6) is 0 Å². The van der Waals surface area contributed by atoms with Gasteiger partial charge in [0.15, 0.2) is 0 Å². The molecule has 0 spiro atoms. The molecule has 0 aliphatic rings. The van der Waals surface area contributed by atoms with Gasteiger partial charge in [0.05, 0.1) is 23.0 Å². The van der Waals surface area contributed by atoms with Gasteiger partial charge in [-0.3, -0.25) is 0 Å². The average Bonchev–Trinajstić information content (AvgIpc) is 2.84. The first-order valence-electron chi connectivity index (χ1n) is 5.72. The molecule has 1 aromatic heterocycles. The molecule has 2 nitrogen and oxygen atoms in total. The van der Waals surface area contributed by atoms with Gasteiger partial charge in [0, 0.05) is 0 Å². The van der Waals surface area contributed by atoms with Crippen molar-refractivity contribution in [3.05, 3.63) is 47.3 Å². The van der Waals surface area contributed by atoms with Crippen LogP contribution in [0.25, 0.3) is 5.69 Å². The quantitative estimate of drug-likeness (QED) is 0.669. The third kappa shape index (κ3) is 3.42. The zero-order valence-electron chi connectivity index (χ0n) is 10.7. The second kappa shape index (κ2) is 5.17. The van der Waals surface area contributed by atoms with Crippen LogP contribution in [0.15, 0.2) is 30.5 Å². The fraction of sp³-hybridized carbons (Fsp3) is 0.250. The van der Waals surface area contributed by atoms with E-state index in [1.165, 1.54) is 0 Å². The number of hydrogen-bond acceptors (Lipinski definition) is 1. The molecule has 0 radical (unpaired) electrons. The van der Waals surface area contributed by atoms with Crippen LogP contribution in [0.4, 0.5) is 39.5 Å². The lowest BCUT2D eigenvalue weighted by atomic mass is 10.1. The zero-order chi connectivity index (χ0) is 17.6. The molecule has 0 saturated carbocycles. The normalized spacial score (nSPS) is 13.4. The van der Waals surface area contributed by atoms with Crippen LogP contribution in [0, 0.1) is 0 Å². The predicted molar refractivity (Wildman–Crippen MR) is 58.6 cm³/mol. The number of aromatic nitrogens is 2.